The Hall–Kier alpha value is -2.83. The van der Waals surface area contributed by atoms with Crippen LogP contribution in [-0.2, 0) is 0 Å². The first kappa shape index (κ1) is 17.6. The fourth-order valence-electron chi connectivity index (χ4n) is 3.80. The second-order valence-corrected chi connectivity index (χ2v) is 7.03. The molecule has 1 N–H and O–H groups in total. The minimum absolute atomic E-state index is 0.0762. The molecule has 1 saturated heterocycles. The number of piperazine rings is 1. The van der Waals surface area contributed by atoms with Crippen LogP contribution in [0.2, 0.25) is 0 Å². The zero-order valence-electron chi connectivity index (χ0n) is 15.4. The molecule has 27 heavy (non-hydrogen) atoms. The topological polar surface area (TPSA) is 57.7 Å². The minimum atomic E-state index is -0.312. The van der Waals surface area contributed by atoms with Crippen molar-refractivity contribution >= 4 is 11.7 Å². The summed E-state index contributed by atoms with van der Waals surface area (Å²) in [6, 6.07) is 9.49. The van der Waals surface area contributed by atoms with Gasteiger partial charge in [0.1, 0.15) is 5.75 Å². The van der Waals surface area contributed by atoms with Gasteiger partial charge < -0.3 is 19.9 Å². The molecular weight excluding hydrogens is 347 g/mol. The first-order valence-electron chi connectivity index (χ1n) is 9.15. The van der Waals surface area contributed by atoms with E-state index in [0.29, 0.717) is 18.8 Å². The Morgan fingerprint density at radius 3 is 2.96 bits per heavy atom. The number of aromatic nitrogens is 1. The zero-order chi connectivity index (χ0) is 19.0. The number of benzene rings is 1. The van der Waals surface area contributed by atoms with E-state index in [1.807, 2.05) is 36.1 Å². The monoisotopic (exact) mass is 370 g/mol. The number of rotatable bonds is 4. The number of anilines is 1. The van der Waals surface area contributed by atoms with Crippen molar-refractivity contribution in [2.45, 2.75) is 31.5 Å². The molecule has 142 valence electrons. The summed E-state index contributed by atoms with van der Waals surface area (Å²) in [5.74, 6) is 0.455. The van der Waals surface area contributed by atoms with Gasteiger partial charge in [-0.1, -0.05) is 12.1 Å². The molecule has 2 fully saturated rings. The Morgan fingerprint density at radius 1 is 1.33 bits per heavy atom. The third-order valence-corrected chi connectivity index (χ3v) is 5.36. The number of methoxy groups -OCH3 is 1. The maximum atomic E-state index is 14.0. The van der Waals surface area contributed by atoms with E-state index in [4.69, 9.17) is 4.74 Å². The van der Waals surface area contributed by atoms with Crippen LogP contribution < -0.4 is 15.0 Å². The fraction of sp³-hybridized carbons (Fsp3) is 0.400. The van der Waals surface area contributed by atoms with Crippen molar-refractivity contribution in [1.29, 1.82) is 0 Å². The number of nitrogens with zero attached hydrogens (tertiary/aromatic N) is 3. The quantitative estimate of drug-likeness (QED) is 0.899. The predicted octanol–water partition coefficient (Wildman–Crippen LogP) is 2.96. The van der Waals surface area contributed by atoms with Crippen LogP contribution in [0.3, 0.4) is 0 Å². The number of fused-ring (bicyclic) bond motifs is 1. The van der Waals surface area contributed by atoms with Crippen LogP contribution in [0.4, 0.5) is 14.9 Å². The summed E-state index contributed by atoms with van der Waals surface area (Å²) >= 11 is 0. The van der Waals surface area contributed by atoms with Gasteiger partial charge in [-0.15, -0.1) is 0 Å². The van der Waals surface area contributed by atoms with Crippen LogP contribution in [0.1, 0.15) is 24.9 Å². The number of carbonyl (C=O) groups excluding carboxylic acids is 1. The number of pyridine rings is 1. The molecule has 2 aromatic rings. The number of hydrogen-bond acceptors (Lipinski definition) is 4. The Morgan fingerprint density at radius 2 is 2.19 bits per heavy atom. The van der Waals surface area contributed by atoms with Gasteiger partial charge in [0, 0.05) is 19.3 Å². The van der Waals surface area contributed by atoms with Crippen LogP contribution in [0, 0.1) is 5.82 Å². The molecule has 1 unspecified atom stereocenters. The molecule has 2 amide bonds. The van der Waals surface area contributed by atoms with Crippen molar-refractivity contribution in [3.63, 3.8) is 0 Å². The number of nitrogens with one attached hydrogen (secondary N) is 1. The van der Waals surface area contributed by atoms with E-state index >= 15 is 0 Å². The fourth-order valence-corrected chi connectivity index (χ4v) is 3.80. The Bertz CT molecular complexity index is 846. The standard InChI is InChI=1S/C20H23FN4O2/c1-13(14-4-3-5-15(10-14)27-2)23-20(26)25-9-8-24(18-11-19(18)25)17-6-7-22-12-16(17)21/h3-7,10,12-13,18-19H,8-9,11H2,1-2H3,(H,23,26)/t13-,18?,19-/m1/s1. The molecular formula is C20H23FN4O2. The molecule has 0 spiro atoms. The van der Waals surface area contributed by atoms with Crippen LogP contribution in [0.25, 0.3) is 0 Å². The lowest BCUT2D eigenvalue weighted by atomic mass is 10.1. The van der Waals surface area contributed by atoms with Crippen molar-refractivity contribution in [2.75, 3.05) is 25.1 Å². The van der Waals surface area contributed by atoms with E-state index in [1.165, 1.54) is 6.20 Å². The summed E-state index contributed by atoms with van der Waals surface area (Å²) in [4.78, 5) is 20.5. The average molecular weight is 370 g/mol. The van der Waals surface area contributed by atoms with Crippen LogP contribution in [0.15, 0.2) is 42.7 Å². The molecule has 1 saturated carbocycles. The van der Waals surface area contributed by atoms with Crippen molar-refractivity contribution in [2.24, 2.45) is 0 Å². The molecule has 1 aromatic heterocycles. The number of urea groups is 1. The molecule has 0 bridgehead atoms. The maximum absolute atomic E-state index is 14.0. The lowest BCUT2D eigenvalue weighted by molar-refractivity contribution is 0.186. The molecule has 3 atom stereocenters. The van der Waals surface area contributed by atoms with E-state index in [2.05, 4.69) is 15.2 Å². The smallest absolute Gasteiger partial charge is 0.318 e. The summed E-state index contributed by atoms with van der Waals surface area (Å²) in [7, 11) is 1.63. The van der Waals surface area contributed by atoms with Crippen LogP contribution >= 0.6 is 0 Å². The number of hydrogen-bond donors (Lipinski definition) is 1. The Balaban J connectivity index is 1.39. The Kier molecular flexibility index (Phi) is 4.59. The SMILES string of the molecule is COc1cccc([C@@H](C)NC(=O)N2CCN(c3ccncc3F)C3C[C@H]32)c1. The van der Waals surface area contributed by atoms with E-state index in [9.17, 15) is 9.18 Å². The van der Waals surface area contributed by atoms with E-state index < -0.39 is 0 Å². The molecule has 4 rings (SSSR count). The summed E-state index contributed by atoms with van der Waals surface area (Å²) in [5.41, 5.74) is 1.56. The van der Waals surface area contributed by atoms with Crippen molar-refractivity contribution in [3.05, 3.63) is 54.1 Å². The van der Waals surface area contributed by atoms with Crippen LogP contribution in [-0.4, -0.2) is 48.2 Å². The number of halogens is 1. The van der Waals surface area contributed by atoms with Gasteiger partial charge in [0.15, 0.2) is 5.82 Å². The van der Waals surface area contributed by atoms with Gasteiger partial charge in [-0.2, -0.15) is 0 Å². The van der Waals surface area contributed by atoms with Gasteiger partial charge in [0.2, 0.25) is 0 Å². The molecule has 1 aliphatic carbocycles. The lowest BCUT2D eigenvalue weighted by Gasteiger charge is -2.36. The summed E-state index contributed by atoms with van der Waals surface area (Å²) in [6.45, 7) is 3.14. The third-order valence-electron chi connectivity index (χ3n) is 5.36. The highest BCUT2D eigenvalue weighted by Gasteiger charge is 2.51. The first-order valence-corrected chi connectivity index (χ1v) is 9.15. The lowest BCUT2D eigenvalue weighted by Crippen LogP contribution is -2.52. The third kappa shape index (κ3) is 3.41. The second kappa shape index (κ2) is 7.06. The minimum Gasteiger partial charge on any atom is -0.497 e. The Labute approximate surface area is 157 Å². The summed E-state index contributed by atoms with van der Waals surface area (Å²) in [5, 5.41) is 3.07. The molecule has 1 aromatic carbocycles. The number of ether oxygens (including phenoxy) is 1. The maximum Gasteiger partial charge on any atom is 0.318 e. The molecule has 1 aliphatic heterocycles. The highest BCUT2D eigenvalue weighted by molar-refractivity contribution is 5.76. The van der Waals surface area contributed by atoms with E-state index in [1.54, 1.807) is 19.4 Å². The highest BCUT2D eigenvalue weighted by Crippen LogP contribution is 2.40. The molecule has 0 radical (unpaired) electrons. The van der Waals surface area contributed by atoms with Crippen LogP contribution in [0.5, 0.6) is 5.75 Å². The zero-order valence-corrected chi connectivity index (χ0v) is 15.4. The summed E-state index contributed by atoms with van der Waals surface area (Å²) < 4.78 is 19.3. The van der Waals surface area contributed by atoms with Gasteiger partial charge in [-0.25, -0.2) is 9.18 Å². The number of carbonyl (C=O) groups is 1. The number of amides is 2. The second-order valence-electron chi connectivity index (χ2n) is 7.03. The molecule has 2 heterocycles. The summed E-state index contributed by atoms with van der Waals surface area (Å²) in [6.07, 6.45) is 3.70. The molecule has 6 nitrogen and oxygen atoms in total. The predicted molar refractivity (Wildman–Crippen MR) is 100 cm³/mol. The van der Waals surface area contributed by atoms with Crippen molar-refractivity contribution in [1.82, 2.24) is 15.2 Å². The highest BCUT2D eigenvalue weighted by atomic mass is 19.1. The van der Waals surface area contributed by atoms with Crippen molar-refractivity contribution < 1.29 is 13.9 Å². The normalized spacial score (nSPS) is 22.0. The van der Waals surface area contributed by atoms with E-state index in [-0.39, 0.29) is 30.0 Å². The first-order chi connectivity index (χ1) is 13.1. The van der Waals surface area contributed by atoms with Gasteiger partial charge in [0.05, 0.1) is 37.1 Å². The van der Waals surface area contributed by atoms with Gasteiger partial charge in [0.25, 0.3) is 0 Å². The van der Waals surface area contributed by atoms with Gasteiger partial charge >= 0.3 is 6.03 Å². The molecule has 2 aliphatic rings. The average Bonchev–Trinajstić information content (AvgIpc) is 3.48. The van der Waals surface area contributed by atoms with Gasteiger partial charge in [-0.05, 0) is 37.1 Å². The van der Waals surface area contributed by atoms with E-state index in [0.717, 1.165) is 17.7 Å². The van der Waals surface area contributed by atoms with Gasteiger partial charge in [-0.3, -0.25) is 4.98 Å². The largest absolute Gasteiger partial charge is 0.497 e. The van der Waals surface area contributed by atoms with Crippen molar-refractivity contribution in [3.8, 4) is 5.75 Å². The molecule has 7 heteroatoms.